The summed E-state index contributed by atoms with van der Waals surface area (Å²) in [6.07, 6.45) is 2.96. The van der Waals surface area contributed by atoms with Gasteiger partial charge >= 0.3 is 0 Å². The number of hydrogen-bond donors (Lipinski definition) is 1. The first kappa shape index (κ1) is 10.0. The maximum absolute atomic E-state index is 10.8. The van der Waals surface area contributed by atoms with E-state index in [2.05, 4.69) is 10.4 Å². The zero-order valence-corrected chi connectivity index (χ0v) is 8.50. The molecule has 0 aliphatic carbocycles. The molecule has 0 aliphatic rings. The average Bonchev–Trinajstić information content (AvgIpc) is 2.47. The maximum Gasteiger partial charge on any atom is 0.149 e. The molecule has 0 aliphatic heterocycles. The molecule has 0 fully saturated rings. The van der Waals surface area contributed by atoms with Crippen LogP contribution in [0.4, 0.5) is 5.82 Å². The Labute approximate surface area is 77.7 Å². The van der Waals surface area contributed by atoms with Gasteiger partial charge in [0.25, 0.3) is 0 Å². The maximum atomic E-state index is 10.8. The Morgan fingerprint density at radius 1 is 1.62 bits per heavy atom. The molecule has 0 amide bonds. The Kier molecular flexibility index (Phi) is 2.92. The van der Waals surface area contributed by atoms with Gasteiger partial charge in [0.1, 0.15) is 15.7 Å². The molecular formula is C7H13N3O2S. The van der Waals surface area contributed by atoms with E-state index < -0.39 is 9.84 Å². The van der Waals surface area contributed by atoms with Crippen molar-refractivity contribution in [3.05, 3.63) is 12.3 Å². The number of rotatable bonds is 4. The van der Waals surface area contributed by atoms with E-state index in [1.807, 2.05) is 0 Å². The Bertz CT molecular complexity index is 369. The molecule has 0 atom stereocenters. The molecule has 0 bridgehead atoms. The van der Waals surface area contributed by atoms with Crippen LogP contribution in [0, 0.1) is 0 Å². The van der Waals surface area contributed by atoms with E-state index in [1.54, 1.807) is 24.0 Å². The van der Waals surface area contributed by atoms with Gasteiger partial charge in [0.05, 0.1) is 12.3 Å². The molecule has 0 saturated carbocycles. The quantitative estimate of drug-likeness (QED) is 0.746. The van der Waals surface area contributed by atoms with Crippen molar-refractivity contribution < 1.29 is 8.42 Å². The van der Waals surface area contributed by atoms with Crippen molar-refractivity contribution in [2.45, 2.75) is 6.54 Å². The highest BCUT2D eigenvalue weighted by molar-refractivity contribution is 7.90. The standard InChI is InChI=1S/C7H13N3O2S/c1-8-7-3-4-10(9-7)5-6-13(2,11)12/h3-4H,5-6H2,1-2H3,(H,8,9). The number of anilines is 1. The van der Waals surface area contributed by atoms with Gasteiger partial charge in [-0.15, -0.1) is 0 Å². The fourth-order valence-electron chi connectivity index (χ4n) is 0.879. The molecule has 6 heteroatoms. The van der Waals surface area contributed by atoms with E-state index in [1.165, 1.54) is 6.26 Å². The molecule has 1 aromatic rings. The number of nitrogens with one attached hydrogen (secondary N) is 1. The van der Waals surface area contributed by atoms with E-state index in [-0.39, 0.29) is 5.75 Å². The Morgan fingerprint density at radius 3 is 2.77 bits per heavy atom. The molecule has 0 radical (unpaired) electrons. The summed E-state index contributed by atoms with van der Waals surface area (Å²) >= 11 is 0. The molecule has 0 aromatic carbocycles. The summed E-state index contributed by atoms with van der Waals surface area (Å²) < 4.78 is 23.3. The van der Waals surface area contributed by atoms with Crippen molar-refractivity contribution in [1.29, 1.82) is 0 Å². The van der Waals surface area contributed by atoms with Crippen LogP contribution >= 0.6 is 0 Å². The third kappa shape index (κ3) is 3.45. The van der Waals surface area contributed by atoms with Crippen LogP contribution in [0.3, 0.4) is 0 Å². The van der Waals surface area contributed by atoms with E-state index >= 15 is 0 Å². The molecule has 1 aromatic heterocycles. The minimum absolute atomic E-state index is 0.123. The number of aromatic nitrogens is 2. The monoisotopic (exact) mass is 203 g/mol. The first-order chi connectivity index (χ1) is 6.01. The zero-order chi connectivity index (χ0) is 9.90. The lowest BCUT2D eigenvalue weighted by Gasteiger charge is -1.99. The van der Waals surface area contributed by atoms with Crippen LogP contribution in [0.2, 0.25) is 0 Å². The van der Waals surface area contributed by atoms with Gasteiger partial charge in [-0.1, -0.05) is 0 Å². The van der Waals surface area contributed by atoms with Gasteiger partial charge in [0, 0.05) is 25.6 Å². The van der Waals surface area contributed by atoms with Crippen molar-refractivity contribution in [2.75, 3.05) is 24.4 Å². The second kappa shape index (κ2) is 3.78. The van der Waals surface area contributed by atoms with Crippen LogP contribution in [0.25, 0.3) is 0 Å². The van der Waals surface area contributed by atoms with Crippen LogP contribution in [-0.4, -0.2) is 37.3 Å². The lowest BCUT2D eigenvalue weighted by molar-refractivity contribution is 0.586. The summed E-state index contributed by atoms with van der Waals surface area (Å²) in [5.74, 6) is 0.867. The van der Waals surface area contributed by atoms with Crippen molar-refractivity contribution >= 4 is 15.7 Å². The predicted octanol–water partition coefficient (Wildman–Crippen LogP) is -0.0306. The second-order valence-corrected chi connectivity index (χ2v) is 5.10. The van der Waals surface area contributed by atoms with Crippen molar-refractivity contribution in [1.82, 2.24) is 9.78 Å². The highest BCUT2D eigenvalue weighted by atomic mass is 32.2. The van der Waals surface area contributed by atoms with Gasteiger partial charge in [0.2, 0.25) is 0 Å². The fraction of sp³-hybridized carbons (Fsp3) is 0.571. The van der Waals surface area contributed by atoms with E-state index in [0.29, 0.717) is 6.54 Å². The molecule has 0 spiro atoms. The van der Waals surface area contributed by atoms with E-state index in [9.17, 15) is 8.42 Å². The molecule has 0 unspecified atom stereocenters. The zero-order valence-electron chi connectivity index (χ0n) is 7.69. The first-order valence-electron chi connectivity index (χ1n) is 3.90. The Balaban J connectivity index is 2.55. The lowest BCUT2D eigenvalue weighted by Crippen LogP contribution is -2.11. The molecule has 1 N–H and O–H groups in total. The number of sulfone groups is 1. The molecule has 13 heavy (non-hydrogen) atoms. The lowest BCUT2D eigenvalue weighted by atomic mass is 10.6. The van der Waals surface area contributed by atoms with E-state index in [4.69, 9.17) is 0 Å². The van der Waals surface area contributed by atoms with E-state index in [0.717, 1.165) is 5.82 Å². The summed E-state index contributed by atoms with van der Waals surface area (Å²) in [7, 11) is -1.13. The normalized spacial score (nSPS) is 11.5. The number of nitrogens with zero attached hydrogens (tertiary/aromatic N) is 2. The summed E-state index contributed by atoms with van der Waals surface area (Å²) in [6, 6.07) is 1.79. The van der Waals surface area contributed by atoms with Crippen molar-refractivity contribution in [2.24, 2.45) is 0 Å². The minimum Gasteiger partial charge on any atom is -0.372 e. The van der Waals surface area contributed by atoms with Crippen LogP contribution in [0.5, 0.6) is 0 Å². The molecule has 1 rings (SSSR count). The van der Waals surface area contributed by atoms with Gasteiger partial charge < -0.3 is 5.32 Å². The summed E-state index contributed by atoms with van der Waals surface area (Å²) in [6.45, 7) is 0.403. The summed E-state index contributed by atoms with van der Waals surface area (Å²) in [5, 5.41) is 6.94. The minimum atomic E-state index is -2.90. The molecule has 0 saturated heterocycles. The average molecular weight is 203 g/mol. The summed E-state index contributed by atoms with van der Waals surface area (Å²) in [5.41, 5.74) is 0. The van der Waals surface area contributed by atoms with Gasteiger partial charge in [-0.25, -0.2) is 8.42 Å². The molecule has 5 nitrogen and oxygen atoms in total. The van der Waals surface area contributed by atoms with Crippen LogP contribution in [-0.2, 0) is 16.4 Å². The fourth-order valence-corrected chi connectivity index (χ4v) is 1.40. The Hall–Kier alpha value is -1.04. The van der Waals surface area contributed by atoms with Crippen molar-refractivity contribution in [3.8, 4) is 0 Å². The first-order valence-corrected chi connectivity index (χ1v) is 5.96. The third-order valence-electron chi connectivity index (χ3n) is 1.59. The van der Waals surface area contributed by atoms with Gasteiger partial charge in [-0.05, 0) is 0 Å². The largest absolute Gasteiger partial charge is 0.372 e. The van der Waals surface area contributed by atoms with Crippen LogP contribution in [0.15, 0.2) is 12.3 Å². The van der Waals surface area contributed by atoms with Crippen molar-refractivity contribution in [3.63, 3.8) is 0 Å². The highest BCUT2D eigenvalue weighted by Crippen LogP contribution is 2.00. The second-order valence-electron chi connectivity index (χ2n) is 2.84. The summed E-state index contributed by atoms with van der Waals surface area (Å²) in [4.78, 5) is 0. The molecule has 1 heterocycles. The topological polar surface area (TPSA) is 64.0 Å². The SMILES string of the molecule is CNc1ccn(CCS(C)(=O)=O)n1. The van der Waals surface area contributed by atoms with Gasteiger partial charge in [0.15, 0.2) is 0 Å². The van der Waals surface area contributed by atoms with Crippen LogP contribution < -0.4 is 5.32 Å². The molecule has 74 valence electrons. The van der Waals surface area contributed by atoms with Gasteiger partial charge in [-0.3, -0.25) is 4.68 Å². The predicted molar refractivity (Wildman–Crippen MR) is 51.5 cm³/mol. The number of aryl methyl sites for hydroxylation is 1. The Morgan fingerprint density at radius 2 is 2.31 bits per heavy atom. The molecular weight excluding hydrogens is 190 g/mol. The van der Waals surface area contributed by atoms with Crippen LogP contribution in [0.1, 0.15) is 0 Å². The highest BCUT2D eigenvalue weighted by Gasteiger charge is 2.03. The smallest absolute Gasteiger partial charge is 0.149 e. The number of hydrogen-bond acceptors (Lipinski definition) is 4. The third-order valence-corrected chi connectivity index (χ3v) is 2.51. The van der Waals surface area contributed by atoms with Gasteiger partial charge in [-0.2, -0.15) is 5.10 Å².